The van der Waals surface area contributed by atoms with Crippen LogP contribution in [-0.2, 0) is 0 Å². The molecule has 1 aromatic heterocycles. The van der Waals surface area contributed by atoms with Gasteiger partial charge in [0, 0.05) is 17.1 Å². The summed E-state index contributed by atoms with van der Waals surface area (Å²) in [6.45, 7) is 5.56. The van der Waals surface area contributed by atoms with Crippen LogP contribution in [0.4, 0.5) is 5.69 Å². The minimum absolute atomic E-state index is 0.897. The second-order valence-electron chi connectivity index (χ2n) is 3.27. The summed E-state index contributed by atoms with van der Waals surface area (Å²) in [5.74, 6) is 0. The van der Waals surface area contributed by atoms with E-state index >= 15 is 0 Å². The Labute approximate surface area is 89.0 Å². The minimum atomic E-state index is 0.897. The van der Waals surface area contributed by atoms with Crippen molar-refractivity contribution in [2.45, 2.75) is 6.92 Å². The second-order valence-corrected chi connectivity index (χ2v) is 3.27. The van der Waals surface area contributed by atoms with Crippen molar-refractivity contribution < 1.29 is 0 Å². The van der Waals surface area contributed by atoms with Gasteiger partial charge in [-0.3, -0.25) is 9.98 Å². The summed E-state index contributed by atoms with van der Waals surface area (Å²) in [5, 5.41) is 1.09. The molecule has 2 heteroatoms. The lowest BCUT2D eigenvalue weighted by Crippen LogP contribution is -1.80. The van der Waals surface area contributed by atoms with Gasteiger partial charge in [-0.1, -0.05) is 18.2 Å². The lowest BCUT2D eigenvalue weighted by molar-refractivity contribution is 1.40. The van der Waals surface area contributed by atoms with E-state index in [0.29, 0.717) is 0 Å². The van der Waals surface area contributed by atoms with Crippen molar-refractivity contribution in [1.29, 1.82) is 0 Å². The SMILES string of the molecule is C=Nc1cc2cccnc2cc1/C=C\C. The van der Waals surface area contributed by atoms with Crippen LogP contribution >= 0.6 is 0 Å². The number of hydrogen-bond acceptors (Lipinski definition) is 2. The minimum Gasteiger partial charge on any atom is -0.264 e. The fourth-order valence-corrected chi connectivity index (χ4v) is 1.57. The van der Waals surface area contributed by atoms with Crippen LogP contribution in [0.15, 0.2) is 41.5 Å². The molecule has 0 aliphatic heterocycles. The molecule has 0 N–H and O–H groups in total. The molecular weight excluding hydrogens is 184 g/mol. The molecule has 0 fully saturated rings. The molecule has 74 valence electrons. The van der Waals surface area contributed by atoms with Crippen molar-refractivity contribution in [1.82, 2.24) is 4.98 Å². The fraction of sp³-hybridized carbons (Fsp3) is 0.0769. The molecule has 0 saturated carbocycles. The standard InChI is InChI=1S/C13H12N2/c1-3-5-10-9-13-11(6-4-7-15-13)8-12(10)14-2/h3-9H,2H2,1H3/b5-3-. The van der Waals surface area contributed by atoms with E-state index in [9.17, 15) is 0 Å². The summed E-state index contributed by atoms with van der Waals surface area (Å²) >= 11 is 0. The third kappa shape index (κ3) is 1.79. The average molecular weight is 196 g/mol. The van der Waals surface area contributed by atoms with E-state index in [1.165, 1.54) is 0 Å². The molecule has 0 amide bonds. The third-order valence-electron chi connectivity index (χ3n) is 2.27. The van der Waals surface area contributed by atoms with Gasteiger partial charge in [0.1, 0.15) is 0 Å². The first kappa shape index (κ1) is 9.59. The van der Waals surface area contributed by atoms with Gasteiger partial charge >= 0.3 is 0 Å². The van der Waals surface area contributed by atoms with Gasteiger partial charge in [-0.15, -0.1) is 0 Å². The number of benzene rings is 1. The Bertz CT molecular complexity index is 527. The van der Waals surface area contributed by atoms with Crippen LogP contribution in [0.25, 0.3) is 17.0 Å². The molecule has 15 heavy (non-hydrogen) atoms. The van der Waals surface area contributed by atoms with Crippen molar-refractivity contribution in [3.05, 3.63) is 42.1 Å². The van der Waals surface area contributed by atoms with Gasteiger partial charge in [0.05, 0.1) is 11.2 Å². The average Bonchev–Trinajstić information content (AvgIpc) is 2.28. The molecule has 0 aliphatic carbocycles. The molecule has 0 saturated heterocycles. The Hall–Kier alpha value is -1.96. The monoisotopic (exact) mass is 196 g/mol. The first-order valence-corrected chi connectivity index (χ1v) is 4.83. The summed E-state index contributed by atoms with van der Waals surface area (Å²) in [7, 11) is 0. The zero-order valence-corrected chi connectivity index (χ0v) is 8.64. The Morgan fingerprint density at radius 3 is 3.00 bits per heavy atom. The molecule has 0 bridgehead atoms. The molecule has 0 radical (unpaired) electrons. The van der Waals surface area contributed by atoms with E-state index < -0.39 is 0 Å². The summed E-state index contributed by atoms with van der Waals surface area (Å²) in [6.07, 6.45) is 5.79. The van der Waals surface area contributed by atoms with E-state index in [0.717, 1.165) is 22.2 Å². The van der Waals surface area contributed by atoms with Crippen molar-refractivity contribution in [2.75, 3.05) is 0 Å². The maximum atomic E-state index is 4.30. The highest BCUT2D eigenvalue weighted by Crippen LogP contribution is 2.25. The predicted molar refractivity (Wildman–Crippen MR) is 65.7 cm³/mol. The molecule has 0 atom stereocenters. The number of hydrogen-bond donors (Lipinski definition) is 0. The Morgan fingerprint density at radius 2 is 2.27 bits per heavy atom. The van der Waals surface area contributed by atoms with E-state index in [-0.39, 0.29) is 0 Å². The van der Waals surface area contributed by atoms with Crippen LogP contribution in [0.5, 0.6) is 0 Å². The van der Waals surface area contributed by atoms with Gasteiger partial charge < -0.3 is 0 Å². The summed E-state index contributed by atoms with van der Waals surface area (Å²) in [4.78, 5) is 8.31. The van der Waals surface area contributed by atoms with Crippen LogP contribution in [0.2, 0.25) is 0 Å². The quantitative estimate of drug-likeness (QED) is 0.674. The van der Waals surface area contributed by atoms with Gasteiger partial charge in [0.2, 0.25) is 0 Å². The number of rotatable bonds is 2. The first-order chi connectivity index (χ1) is 7.35. The topological polar surface area (TPSA) is 25.2 Å². The van der Waals surface area contributed by atoms with Crippen LogP contribution < -0.4 is 0 Å². The summed E-state index contributed by atoms with van der Waals surface area (Å²) in [5.41, 5.74) is 2.94. The number of aliphatic imine (C=N–C) groups is 1. The van der Waals surface area contributed by atoms with Crippen LogP contribution in [0, 0.1) is 0 Å². The molecule has 2 nitrogen and oxygen atoms in total. The van der Waals surface area contributed by atoms with Crippen molar-refractivity contribution >= 4 is 29.4 Å². The van der Waals surface area contributed by atoms with E-state index in [1.807, 2.05) is 43.3 Å². The summed E-state index contributed by atoms with van der Waals surface area (Å²) in [6, 6.07) is 7.98. The van der Waals surface area contributed by atoms with Crippen molar-refractivity contribution in [3.8, 4) is 0 Å². The highest BCUT2D eigenvalue weighted by molar-refractivity contribution is 5.86. The highest BCUT2D eigenvalue weighted by Gasteiger charge is 2.00. The number of fused-ring (bicyclic) bond motifs is 1. The number of pyridine rings is 1. The van der Waals surface area contributed by atoms with Crippen LogP contribution in [0.3, 0.4) is 0 Å². The molecule has 1 aromatic carbocycles. The van der Waals surface area contributed by atoms with Gasteiger partial charge in [-0.2, -0.15) is 0 Å². The maximum absolute atomic E-state index is 4.30. The summed E-state index contributed by atoms with van der Waals surface area (Å²) < 4.78 is 0. The molecule has 0 aliphatic rings. The fourth-order valence-electron chi connectivity index (χ4n) is 1.57. The Kier molecular flexibility index (Phi) is 2.59. The van der Waals surface area contributed by atoms with Crippen molar-refractivity contribution in [2.24, 2.45) is 4.99 Å². The number of aromatic nitrogens is 1. The predicted octanol–water partition coefficient (Wildman–Crippen LogP) is 3.60. The van der Waals surface area contributed by atoms with Gasteiger partial charge in [-0.25, -0.2) is 0 Å². The molecular formula is C13H12N2. The molecule has 2 aromatic rings. The molecule has 0 spiro atoms. The normalized spacial score (nSPS) is 11.0. The zero-order chi connectivity index (χ0) is 10.7. The van der Waals surface area contributed by atoms with Crippen LogP contribution in [0.1, 0.15) is 12.5 Å². The van der Waals surface area contributed by atoms with Crippen molar-refractivity contribution in [3.63, 3.8) is 0 Å². The highest BCUT2D eigenvalue weighted by atomic mass is 14.7. The Morgan fingerprint density at radius 1 is 1.40 bits per heavy atom. The van der Waals surface area contributed by atoms with E-state index in [1.54, 1.807) is 6.20 Å². The van der Waals surface area contributed by atoms with Gasteiger partial charge in [0.25, 0.3) is 0 Å². The molecule has 0 unspecified atom stereocenters. The lowest BCUT2D eigenvalue weighted by atomic mass is 10.1. The van der Waals surface area contributed by atoms with Gasteiger partial charge in [-0.05, 0) is 31.8 Å². The first-order valence-electron chi connectivity index (χ1n) is 4.83. The smallest absolute Gasteiger partial charge is 0.0709 e. The largest absolute Gasteiger partial charge is 0.264 e. The van der Waals surface area contributed by atoms with Gasteiger partial charge in [0.15, 0.2) is 0 Å². The Balaban J connectivity index is 2.74. The number of allylic oxidation sites excluding steroid dienone is 1. The van der Waals surface area contributed by atoms with Crippen LogP contribution in [-0.4, -0.2) is 11.7 Å². The van der Waals surface area contributed by atoms with E-state index in [2.05, 4.69) is 16.7 Å². The maximum Gasteiger partial charge on any atom is 0.0709 e. The molecule has 2 rings (SSSR count). The lowest BCUT2D eigenvalue weighted by Gasteiger charge is -2.03. The van der Waals surface area contributed by atoms with E-state index in [4.69, 9.17) is 0 Å². The number of nitrogens with zero attached hydrogens (tertiary/aromatic N) is 2. The zero-order valence-electron chi connectivity index (χ0n) is 8.64. The third-order valence-corrected chi connectivity index (χ3v) is 2.27. The molecule has 1 heterocycles. The second kappa shape index (κ2) is 4.05.